The average Bonchev–Trinajstić information content (AvgIpc) is 2.04. The maximum atomic E-state index is 10.9. The standard InChI is InChI=1S/C10H11O3/c1-8(2)12-10(11)13-9-6-4-3-5-7-9/h3-8H,1H2,2H3/t8-/m0/s1. The Hall–Kier alpha value is -1.51. The first-order valence-corrected chi connectivity index (χ1v) is 3.95. The Morgan fingerprint density at radius 2 is 2.00 bits per heavy atom. The van der Waals surface area contributed by atoms with Crippen LogP contribution in [0, 0.1) is 6.92 Å². The molecule has 3 nitrogen and oxygen atoms in total. The van der Waals surface area contributed by atoms with Gasteiger partial charge in [0.2, 0.25) is 0 Å². The minimum absolute atomic E-state index is 0.406. The third-order valence-corrected chi connectivity index (χ3v) is 1.24. The van der Waals surface area contributed by atoms with Crippen LogP contribution in [0.2, 0.25) is 0 Å². The molecule has 0 spiro atoms. The molecule has 0 aromatic heterocycles. The summed E-state index contributed by atoms with van der Waals surface area (Å²) in [6, 6.07) is 8.73. The molecule has 13 heavy (non-hydrogen) atoms. The zero-order chi connectivity index (χ0) is 9.68. The Bertz CT molecular complexity index is 267. The lowest BCUT2D eigenvalue weighted by Crippen LogP contribution is -2.15. The van der Waals surface area contributed by atoms with Crippen LogP contribution in [0.15, 0.2) is 30.3 Å². The molecular formula is C10H11O3. The van der Waals surface area contributed by atoms with E-state index in [1.807, 2.05) is 6.07 Å². The van der Waals surface area contributed by atoms with Gasteiger partial charge in [-0.25, -0.2) is 4.79 Å². The lowest BCUT2D eigenvalue weighted by atomic mass is 10.3. The summed E-state index contributed by atoms with van der Waals surface area (Å²) in [6.45, 7) is 5.16. The van der Waals surface area contributed by atoms with Crippen LogP contribution >= 0.6 is 0 Å². The van der Waals surface area contributed by atoms with Crippen molar-refractivity contribution in [1.82, 2.24) is 0 Å². The summed E-state index contributed by atoms with van der Waals surface area (Å²) in [4.78, 5) is 10.9. The molecule has 0 amide bonds. The van der Waals surface area contributed by atoms with Crippen molar-refractivity contribution in [1.29, 1.82) is 0 Å². The summed E-state index contributed by atoms with van der Waals surface area (Å²) < 4.78 is 9.51. The van der Waals surface area contributed by atoms with Gasteiger partial charge in [-0.15, -0.1) is 0 Å². The average molecular weight is 179 g/mol. The first kappa shape index (κ1) is 9.58. The van der Waals surface area contributed by atoms with E-state index >= 15 is 0 Å². The van der Waals surface area contributed by atoms with E-state index in [-0.39, 0.29) is 0 Å². The fourth-order valence-corrected chi connectivity index (χ4v) is 0.773. The number of carbonyl (C=O) groups is 1. The van der Waals surface area contributed by atoms with Crippen molar-refractivity contribution < 1.29 is 14.3 Å². The lowest BCUT2D eigenvalue weighted by Gasteiger charge is -2.07. The summed E-state index contributed by atoms with van der Waals surface area (Å²) in [5, 5.41) is 0. The van der Waals surface area contributed by atoms with E-state index in [1.54, 1.807) is 31.2 Å². The zero-order valence-electron chi connectivity index (χ0n) is 7.40. The molecule has 1 aromatic rings. The Kier molecular flexibility index (Phi) is 3.31. The van der Waals surface area contributed by atoms with Crippen LogP contribution in [-0.2, 0) is 4.74 Å². The molecule has 1 rings (SSSR count). The molecule has 0 unspecified atom stereocenters. The van der Waals surface area contributed by atoms with Crippen LogP contribution in [0.1, 0.15) is 6.92 Å². The summed E-state index contributed by atoms with van der Waals surface area (Å²) in [5.41, 5.74) is 0. The SMILES string of the molecule is [CH2][C@@H](C)OC(=O)Oc1ccccc1. The molecular weight excluding hydrogens is 168 g/mol. The molecule has 0 aliphatic rings. The van der Waals surface area contributed by atoms with Crippen molar-refractivity contribution >= 4 is 6.16 Å². The summed E-state index contributed by atoms with van der Waals surface area (Å²) in [6.07, 6.45) is -1.13. The number of ether oxygens (including phenoxy) is 2. The van der Waals surface area contributed by atoms with Gasteiger partial charge in [-0.2, -0.15) is 0 Å². The third-order valence-electron chi connectivity index (χ3n) is 1.24. The largest absolute Gasteiger partial charge is 0.514 e. The predicted octanol–water partition coefficient (Wildman–Crippen LogP) is 2.42. The Morgan fingerprint density at radius 3 is 2.54 bits per heavy atom. The maximum absolute atomic E-state index is 10.9. The molecule has 0 aliphatic carbocycles. The number of rotatable bonds is 2. The van der Waals surface area contributed by atoms with Crippen molar-refractivity contribution in [2.75, 3.05) is 0 Å². The topological polar surface area (TPSA) is 35.5 Å². The highest BCUT2D eigenvalue weighted by Crippen LogP contribution is 2.09. The highest BCUT2D eigenvalue weighted by Gasteiger charge is 2.06. The number of benzene rings is 1. The normalized spacial score (nSPS) is 9.77. The van der Waals surface area contributed by atoms with Gasteiger partial charge in [0.25, 0.3) is 0 Å². The minimum Gasteiger partial charge on any atom is -0.431 e. The highest BCUT2D eigenvalue weighted by atomic mass is 16.7. The van der Waals surface area contributed by atoms with Gasteiger partial charge < -0.3 is 9.47 Å². The molecule has 1 atom stereocenters. The van der Waals surface area contributed by atoms with Crippen molar-refractivity contribution in [2.24, 2.45) is 0 Å². The Morgan fingerprint density at radius 1 is 1.38 bits per heavy atom. The first-order chi connectivity index (χ1) is 6.18. The molecule has 0 saturated heterocycles. The van der Waals surface area contributed by atoms with Gasteiger partial charge in [-0.3, -0.25) is 0 Å². The van der Waals surface area contributed by atoms with Crippen LogP contribution in [-0.4, -0.2) is 12.3 Å². The molecule has 3 heteroatoms. The van der Waals surface area contributed by atoms with E-state index in [4.69, 9.17) is 4.74 Å². The van der Waals surface area contributed by atoms with Gasteiger partial charge in [0.05, 0.1) is 0 Å². The van der Waals surface area contributed by atoms with Crippen LogP contribution in [0.25, 0.3) is 0 Å². The van der Waals surface area contributed by atoms with Crippen molar-refractivity contribution in [3.63, 3.8) is 0 Å². The molecule has 0 aliphatic heterocycles. The van der Waals surface area contributed by atoms with Crippen LogP contribution < -0.4 is 4.74 Å². The number of para-hydroxylation sites is 1. The molecule has 0 heterocycles. The van der Waals surface area contributed by atoms with E-state index < -0.39 is 12.3 Å². The quantitative estimate of drug-likeness (QED) is 0.516. The molecule has 0 N–H and O–H groups in total. The summed E-state index contributed by atoms with van der Waals surface area (Å²) >= 11 is 0. The zero-order valence-corrected chi connectivity index (χ0v) is 7.40. The second-order valence-corrected chi connectivity index (χ2v) is 2.59. The van der Waals surface area contributed by atoms with Gasteiger partial charge in [0.15, 0.2) is 0 Å². The molecule has 1 aromatic carbocycles. The predicted molar refractivity (Wildman–Crippen MR) is 48.4 cm³/mol. The van der Waals surface area contributed by atoms with Crippen molar-refractivity contribution in [2.45, 2.75) is 13.0 Å². The minimum atomic E-state index is -0.728. The molecule has 0 bridgehead atoms. The first-order valence-electron chi connectivity index (χ1n) is 3.95. The van der Waals surface area contributed by atoms with E-state index in [2.05, 4.69) is 11.7 Å². The van der Waals surface area contributed by atoms with E-state index in [9.17, 15) is 4.79 Å². The van der Waals surface area contributed by atoms with Gasteiger partial charge in [-0.05, 0) is 26.0 Å². The van der Waals surface area contributed by atoms with Crippen LogP contribution in [0.4, 0.5) is 4.79 Å². The third kappa shape index (κ3) is 3.60. The maximum Gasteiger partial charge on any atom is 0.514 e. The molecule has 69 valence electrons. The second kappa shape index (κ2) is 4.50. The Balaban J connectivity index is 2.46. The van der Waals surface area contributed by atoms with E-state index in [1.165, 1.54) is 0 Å². The van der Waals surface area contributed by atoms with Gasteiger partial charge in [-0.1, -0.05) is 18.2 Å². The van der Waals surface area contributed by atoms with Crippen molar-refractivity contribution in [3.05, 3.63) is 37.3 Å². The van der Waals surface area contributed by atoms with Gasteiger partial charge in [0, 0.05) is 0 Å². The van der Waals surface area contributed by atoms with Crippen molar-refractivity contribution in [3.8, 4) is 5.75 Å². The monoisotopic (exact) mass is 179 g/mol. The number of carbonyl (C=O) groups excluding carboxylic acids is 1. The Labute approximate surface area is 77.3 Å². The number of hydrogen-bond acceptors (Lipinski definition) is 3. The molecule has 0 fully saturated rings. The second-order valence-electron chi connectivity index (χ2n) is 2.59. The lowest BCUT2D eigenvalue weighted by molar-refractivity contribution is 0.0815. The smallest absolute Gasteiger partial charge is 0.431 e. The highest BCUT2D eigenvalue weighted by molar-refractivity contribution is 5.63. The van der Waals surface area contributed by atoms with E-state index in [0.717, 1.165) is 0 Å². The summed E-state index contributed by atoms with van der Waals surface area (Å²) in [7, 11) is 0. The molecule has 0 saturated carbocycles. The fraction of sp³-hybridized carbons (Fsp3) is 0.200. The van der Waals surface area contributed by atoms with E-state index in [0.29, 0.717) is 5.75 Å². The van der Waals surface area contributed by atoms with Crippen LogP contribution in [0.3, 0.4) is 0 Å². The number of hydrogen-bond donors (Lipinski definition) is 0. The van der Waals surface area contributed by atoms with Gasteiger partial charge >= 0.3 is 6.16 Å². The van der Waals surface area contributed by atoms with Gasteiger partial charge in [0.1, 0.15) is 11.9 Å². The fourth-order valence-electron chi connectivity index (χ4n) is 0.773. The van der Waals surface area contributed by atoms with Crippen LogP contribution in [0.5, 0.6) is 5.75 Å². The summed E-state index contributed by atoms with van der Waals surface area (Å²) in [5.74, 6) is 0.466. The molecule has 1 radical (unpaired) electrons.